The molecule has 2 unspecified atom stereocenters. The van der Waals surface area contributed by atoms with Crippen molar-refractivity contribution in [3.05, 3.63) is 45.6 Å². The lowest BCUT2D eigenvalue weighted by atomic mass is 10.1. The summed E-state index contributed by atoms with van der Waals surface area (Å²) < 4.78 is 16.2. The molecule has 0 aliphatic carbocycles. The highest BCUT2D eigenvalue weighted by Gasteiger charge is 2.23. The second kappa shape index (κ2) is 6.31. The van der Waals surface area contributed by atoms with Crippen molar-refractivity contribution in [2.45, 2.75) is 11.7 Å². The van der Waals surface area contributed by atoms with Crippen LogP contribution in [-0.2, 0) is 16.1 Å². The summed E-state index contributed by atoms with van der Waals surface area (Å²) in [6.45, 7) is 0. The standard InChI is InChI=1S/C12H11ClN4OS2/c1-20(18,17-7-14)11(4-10-6-19-8-16-10)9-2-3-12(13)15-5-9/h2-3,5-6,8,11H,4H2,1H3. The van der Waals surface area contributed by atoms with E-state index in [4.69, 9.17) is 16.9 Å². The molecule has 0 fully saturated rings. The Labute approximate surface area is 126 Å². The summed E-state index contributed by atoms with van der Waals surface area (Å²) >= 11 is 7.23. The number of nitriles is 1. The van der Waals surface area contributed by atoms with Crippen molar-refractivity contribution in [2.24, 2.45) is 4.36 Å². The maximum absolute atomic E-state index is 12.6. The van der Waals surface area contributed by atoms with E-state index in [1.807, 2.05) is 5.38 Å². The minimum Gasteiger partial charge on any atom is -0.250 e. The molecule has 2 atom stereocenters. The third-order valence-corrected chi connectivity index (χ3v) is 5.55. The van der Waals surface area contributed by atoms with Crippen LogP contribution in [-0.4, -0.2) is 20.4 Å². The summed E-state index contributed by atoms with van der Waals surface area (Å²) in [6.07, 6.45) is 5.11. The fraction of sp³-hybridized carbons (Fsp3) is 0.250. The minimum atomic E-state index is -2.72. The van der Waals surface area contributed by atoms with Crippen molar-refractivity contribution in [3.63, 3.8) is 0 Å². The van der Waals surface area contributed by atoms with E-state index in [1.165, 1.54) is 17.6 Å². The molecule has 0 amide bonds. The Morgan fingerprint density at radius 2 is 2.35 bits per heavy atom. The molecule has 0 bridgehead atoms. The topological polar surface area (TPSA) is 79.0 Å². The molecule has 0 saturated carbocycles. The highest BCUT2D eigenvalue weighted by atomic mass is 35.5. The number of aromatic nitrogens is 2. The predicted molar refractivity (Wildman–Crippen MR) is 79.9 cm³/mol. The highest BCUT2D eigenvalue weighted by molar-refractivity contribution is 7.93. The van der Waals surface area contributed by atoms with Gasteiger partial charge in [-0.2, -0.15) is 5.26 Å². The van der Waals surface area contributed by atoms with Gasteiger partial charge in [-0.3, -0.25) is 0 Å². The summed E-state index contributed by atoms with van der Waals surface area (Å²) in [7, 11) is -2.72. The van der Waals surface area contributed by atoms with E-state index >= 15 is 0 Å². The lowest BCUT2D eigenvalue weighted by molar-refractivity contribution is 0.666. The normalized spacial score (nSPS) is 15.1. The number of thiazole rings is 1. The largest absolute Gasteiger partial charge is 0.250 e. The quantitative estimate of drug-likeness (QED) is 0.639. The van der Waals surface area contributed by atoms with Gasteiger partial charge in [-0.05, 0) is 11.6 Å². The first-order valence-electron chi connectivity index (χ1n) is 5.60. The zero-order valence-electron chi connectivity index (χ0n) is 10.6. The minimum absolute atomic E-state index is 0.362. The van der Waals surface area contributed by atoms with E-state index in [9.17, 15) is 4.21 Å². The molecule has 2 rings (SSSR count). The average Bonchev–Trinajstić information content (AvgIpc) is 2.90. The van der Waals surface area contributed by atoms with Crippen LogP contribution in [0.1, 0.15) is 16.5 Å². The van der Waals surface area contributed by atoms with Gasteiger partial charge in [0.05, 0.1) is 26.2 Å². The van der Waals surface area contributed by atoms with E-state index in [0.29, 0.717) is 11.6 Å². The zero-order valence-corrected chi connectivity index (χ0v) is 13.0. The van der Waals surface area contributed by atoms with Gasteiger partial charge < -0.3 is 0 Å². The van der Waals surface area contributed by atoms with Crippen molar-refractivity contribution in [1.29, 1.82) is 5.26 Å². The van der Waals surface area contributed by atoms with Crippen molar-refractivity contribution < 1.29 is 4.21 Å². The van der Waals surface area contributed by atoms with Crippen molar-refractivity contribution in [3.8, 4) is 6.19 Å². The summed E-state index contributed by atoms with van der Waals surface area (Å²) in [5.41, 5.74) is 3.26. The first kappa shape index (κ1) is 14.9. The van der Waals surface area contributed by atoms with Crippen LogP contribution in [0.3, 0.4) is 0 Å². The highest BCUT2D eigenvalue weighted by Crippen LogP contribution is 2.27. The Bertz CT molecular complexity index is 728. The Morgan fingerprint density at radius 1 is 1.55 bits per heavy atom. The van der Waals surface area contributed by atoms with Crippen LogP contribution in [0.4, 0.5) is 0 Å². The van der Waals surface area contributed by atoms with Crippen LogP contribution < -0.4 is 0 Å². The molecule has 0 spiro atoms. The van der Waals surface area contributed by atoms with Gasteiger partial charge in [-0.1, -0.05) is 17.7 Å². The molecule has 0 aliphatic rings. The maximum Gasteiger partial charge on any atom is 0.214 e. The fourth-order valence-electron chi connectivity index (χ4n) is 1.78. The summed E-state index contributed by atoms with van der Waals surface area (Å²) in [6, 6.07) is 3.38. The lowest BCUT2D eigenvalue weighted by Gasteiger charge is -2.17. The lowest BCUT2D eigenvalue weighted by Crippen LogP contribution is -2.14. The van der Waals surface area contributed by atoms with Crippen molar-refractivity contribution in [2.75, 3.05) is 6.26 Å². The first-order chi connectivity index (χ1) is 9.53. The number of pyridine rings is 1. The van der Waals surface area contributed by atoms with Crippen LogP contribution >= 0.6 is 22.9 Å². The van der Waals surface area contributed by atoms with Crippen molar-refractivity contribution >= 4 is 32.7 Å². The van der Waals surface area contributed by atoms with E-state index in [0.717, 1.165) is 11.3 Å². The van der Waals surface area contributed by atoms with Crippen LogP contribution in [0.25, 0.3) is 0 Å². The molecule has 5 nitrogen and oxygen atoms in total. The maximum atomic E-state index is 12.6. The van der Waals surface area contributed by atoms with Gasteiger partial charge in [-0.25, -0.2) is 14.2 Å². The number of nitrogens with zero attached hydrogens (tertiary/aromatic N) is 4. The van der Waals surface area contributed by atoms with Gasteiger partial charge in [0.1, 0.15) is 5.15 Å². The summed E-state index contributed by atoms with van der Waals surface area (Å²) in [5, 5.41) is 10.5. The van der Waals surface area contributed by atoms with E-state index in [2.05, 4.69) is 14.3 Å². The molecule has 0 aromatic carbocycles. The predicted octanol–water partition coefficient (Wildman–Crippen LogP) is 3.05. The second-order valence-corrected chi connectivity index (χ2v) is 7.72. The Kier molecular flexibility index (Phi) is 4.70. The number of hydrogen-bond donors (Lipinski definition) is 0. The smallest absolute Gasteiger partial charge is 0.214 e. The van der Waals surface area contributed by atoms with E-state index < -0.39 is 15.0 Å². The summed E-state index contributed by atoms with van der Waals surface area (Å²) in [5.74, 6) is 0. The average molecular weight is 327 g/mol. The number of hydrogen-bond acceptors (Lipinski definition) is 6. The molecule has 8 heteroatoms. The fourth-order valence-corrected chi connectivity index (χ4v) is 3.87. The van der Waals surface area contributed by atoms with E-state index in [-0.39, 0.29) is 0 Å². The van der Waals surface area contributed by atoms with Crippen LogP contribution in [0, 0.1) is 11.5 Å². The summed E-state index contributed by atoms with van der Waals surface area (Å²) in [4.78, 5) is 8.20. The third-order valence-electron chi connectivity index (χ3n) is 2.75. The Morgan fingerprint density at radius 3 is 2.90 bits per heavy atom. The third kappa shape index (κ3) is 3.54. The zero-order chi connectivity index (χ0) is 14.6. The van der Waals surface area contributed by atoms with Crippen LogP contribution in [0.5, 0.6) is 0 Å². The monoisotopic (exact) mass is 326 g/mol. The molecule has 2 aromatic rings. The molecule has 2 heterocycles. The first-order valence-corrected chi connectivity index (χ1v) is 8.91. The van der Waals surface area contributed by atoms with Crippen LogP contribution in [0.2, 0.25) is 5.15 Å². The molecule has 0 N–H and O–H groups in total. The second-order valence-electron chi connectivity index (χ2n) is 4.14. The number of halogens is 1. The van der Waals surface area contributed by atoms with Gasteiger partial charge >= 0.3 is 0 Å². The molecule has 0 saturated heterocycles. The van der Waals surface area contributed by atoms with E-state index in [1.54, 1.807) is 30.0 Å². The van der Waals surface area contributed by atoms with Gasteiger partial charge in [0.15, 0.2) is 0 Å². The molecule has 0 aliphatic heterocycles. The van der Waals surface area contributed by atoms with Gasteiger partial charge in [-0.15, -0.1) is 15.7 Å². The van der Waals surface area contributed by atoms with Gasteiger partial charge in [0, 0.05) is 24.3 Å². The van der Waals surface area contributed by atoms with Gasteiger partial charge in [0.25, 0.3) is 0 Å². The molecular formula is C12H11ClN4OS2. The molecule has 104 valence electrons. The molecule has 20 heavy (non-hydrogen) atoms. The Balaban J connectivity index is 2.44. The van der Waals surface area contributed by atoms with Crippen molar-refractivity contribution in [1.82, 2.24) is 9.97 Å². The molecular weight excluding hydrogens is 316 g/mol. The Hall–Kier alpha value is -1.49. The molecule has 0 radical (unpaired) electrons. The molecule has 2 aromatic heterocycles. The SMILES string of the molecule is CS(=O)(=NC#N)C(Cc1cscn1)c1ccc(Cl)nc1. The van der Waals surface area contributed by atoms with Gasteiger partial charge in [0.2, 0.25) is 6.19 Å². The number of rotatable bonds is 4. The van der Waals surface area contributed by atoms with Crippen LogP contribution in [0.15, 0.2) is 33.6 Å².